The minimum Gasteiger partial charge on any atom is -0.494 e. The van der Waals surface area contributed by atoms with Gasteiger partial charge in [0.1, 0.15) is 17.2 Å². The number of nitrogens with one attached hydrogen (secondary N) is 2. The molecule has 0 heterocycles. The summed E-state index contributed by atoms with van der Waals surface area (Å²) in [5.41, 5.74) is 1.53. The monoisotopic (exact) mass is 418 g/mol. The van der Waals surface area contributed by atoms with Gasteiger partial charge in [-0.15, -0.1) is 0 Å². The highest BCUT2D eigenvalue weighted by Crippen LogP contribution is 2.25. The van der Waals surface area contributed by atoms with Crippen molar-refractivity contribution in [2.75, 3.05) is 11.9 Å². The van der Waals surface area contributed by atoms with E-state index < -0.39 is 0 Å². The lowest BCUT2D eigenvalue weighted by Gasteiger charge is -2.18. The number of rotatable bonds is 9. The molecule has 0 radical (unpaired) electrons. The van der Waals surface area contributed by atoms with E-state index in [0.29, 0.717) is 23.8 Å². The van der Waals surface area contributed by atoms with Crippen LogP contribution in [0.2, 0.25) is 0 Å². The van der Waals surface area contributed by atoms with Crippen LogP contribution in [0, 0.1) is 0 Å². The van der Waals surface area contributed by atoms with Gasteiger partial charge in [0.15, 0.2) is 0 Å². The van der Waals surface area contributed by atoms with Crippen LogP contribution in [-0.2, 0) is 9.59 Å². The Bertz CT molecular complexity index is 986. The summed E-state index contributed by atoms with van der Waals surface area (Å²) < 4.78 is 11.2. The number of carbonyl (C=O) groups excluding carboxylic acids is 2. The standard InChI is InChI=1S/C25H26N2O4/c1-3-30-21-13-15-23(16-14-21)31-22-11-9-20(10-12-22)27-25(29)17-24(26-18(2)28)19-7-5-4-6-8-19/h4-16,24H,3,17H2,1-2H3,(H,26,28)(H,27,29). The first kappa shape index (κ1) is 21.9. The van der Waals surface area contributed by atoms with Gasteiger partial charge in [-0.3, -0.25) is 9.59 Å². The van der Waals surface area contributed by atoms with Crippen molar-refractivity contribution < 1.29 is 19.1 Å². The first-order valence-electron chi connectivity index (χ1n) is 10.2. The van der Waals surface area contributed by atoms with Crippen LogP contribution in [0.15, 0.2) is 78.9 Å². The Hall–Kier alpha value is -3.80. The summed E-state index contributed by atoms with van der Waals surface area (Å²) >= 11 is 0. The highest BCUT2D eigenvalue weighted by Gasteiger charge is 2.17. The molecule has 0 aliphatic carbocycles. The van der Waals surface area contributed by atoms with Crippen molar-refractivity contribution in [3.05, 3.63) is 84.4 Å². The predicted octanol–water partition coefficient (Wildman–Crippen LogP) is 5.08. The number of ether oxygens (including phenoxy) is 2. The molecule has 0 aliphatic rings. The van der Waals surface area contributed by atoms with Crippen LogP contribution in [0.5, 0.6) is 17.2 Å². The van der Waals surface area contributed by atoms with Crippen molar-refractivity contribution >= 4 is 17.5 Å². The summed E-state index contributed by atoms with van der Waals surface area (Å²) in [6.07, 6.45) is 0.133. The lowest BCUT2D eigenvalue weighted by atomic mass is 10.0. The molecule has 160 valence electrons. The maximum absolute atomic E-state index is 12.5. The molecule has 3 rings (SSSR count). The Balaban J connectivity index is 1.58. The molecule has 0 fully saturated rings. The largest absolute Gasteiger partial charge is 0.494 e. The van der Waals surface area contributed by atoms with E-state index in [1.807, 2.05) is 61.5 Å². The third kappa shape index (κ3) is 6.89. The molecule has 0 aromatic heterocycles. The summed E-state index contributed by atoms with van der Waals surface area (Å²) in [5, 5.41) is 5.70. The SMILES string of the molecule is CCOc1ccc(Oc2ccc(NC(=O)CC(NC(C)=O)c3ccccc3)cc2)cc1. The second-order valence-corrected chi connectivity index (χ2v) is 6.95. The molecule has 1 unspecified atom stereocenters. The lowest BCUT2D eigenvalue weighted by Crippen LogP contribution is -2.29. The minimum atomic E-state index is -0.388. The third-order valence-corrected chi connectivity index (χ3v) is 4.48. The summed E-state index contributed by atoms with van der Waals surface area (Å²) in [4.78, 5) is 24.1. The summed E-state index contributed by atoms with van der Waals surface area (Å²) in [6, 6.07) is 23.6. The molecule has 0 bridgehead atoms. The van der Waals surface area contributed by atoms with E-state index in [0.717, 1.165) is 11.3 Å². The fourth-order valence-electron chi connectivity index (χ4n) is 3.09. The molecule has 0 aliphatic heterocycles. The molecular weight excluding hydrogens is 392 g/mol. The Morgan fingerprint density at radius 3 is 2.00 bits per heavy atom. The predicted molar refractivity (Wildman–Crippen MR) is 120 cm³/mol. The van der Waals surface area contributed by atoms with E-state index >= 15 is 0 Å². The molecule has 1 atom stereocenters. The number of hydrogen-bond donors (Lipinski definition) is 2. The van der Waals surface area contributed by atoms with Crippen molar-refractivity contribution in [3.8, 4) is 17.2 Å². The molecule has 0 saturated carbocycles. The summed E-state index contributed by atoms with van der Waals surface area (Å²) in [7, 11) is 0. The van der Waals surface area contributed by atoms with Gasteiger partial charge in [-0.1, -0.05) is 30.3 Å². The molecule has 6 nitrogen and oxygen atoms in total. The zero-order valence-corrected chi connectivity index (χ0v) is 17.6. The number of benzene rings is 3. The van der Waals surface area contributed by atoms with Gasteiger partial charge in [0.2, 0.25) is 11.8 Å². The van der Waals surface area contributed by atoms with Crippen LogP contribution in [0.1, 0.15) is 31.9 Å². The van der Waals surface area contributed by atoms with E-state index in [1.54, 1.807) is 24.3 Å². The van der Waals surface area contributed by atoms with E-state index in [1.165, 1.54) is 6.92 Å². The third-order valence-electron chi connectivity index (χ3n) is 4.48. The molecular formula is C25H26N2O4. The van der Waals surface area contributed by atoms with E-state index in [2.05, 4.69) is 10.6 Å². The molecule has 0 spiro atoms. The van der Waals surface area contributed by atoms with Gasteiger partial charge in [-0.25, -0.2) is 0 Å². The van der Waals surface area contributed by atoms with Gasteiger partial charge < -0.3 is 20.1 Å². The summed E-state index contributed by atoms with van der Waals surface area (Å²) in [6.45, 7) is 3.99. The Morgan fingerprint density at radius 1 is 0.839 bits per heavy atom. The second kappa shape index (κ2) is 10.8. The maximum atomic E-state index is 12.5. The molecule has 3 aromatic rings. The van der Waals surface area contributed by atoms with Crippen molar-refractivity contribution in [2.45, 2.75) is 26.3 Å². The van der Waals surface area contributed by atoms with Crippen molar-refractivity contribution in [1.29, 1.82) is 0 Å². The van der Waals surface area contributed by atoms with Crippen LogP contribution in [-0.4, -0.2) is 18.4 Å². The Kier molecular flexibility index (Phi) is 7.65. The van der Waals surface area contributed by atoms with Crippen molar-refractivity contribution in [2.24, 2.45) is 0 Å². The smallest absolute Gasteiger partial charge is 0.226 e. The zero-order valence-electron chi connectivity index (χ0n) is 17.6. The Labute approximate surface area is 182 Å². The van der Waals surface area contributed by atoms with Crippen LogP contribution in [0.4, 0.5) is 5.69 Å². The van der Waals surface area contributed by atoms with Gasteiger partial charge in [-0.2, -0.15) is 0 Å². The average molecular weight is 418 g/mol. The van der Waals surface area contributed by atoms with Gasteiger partial charge in [-0.05, 0) is 61.0 Å². The zero-order chi connectivity index (χ0) is 22.1. The lowest BCUT2D eigenvalue weighted by molar-refractivity contribution is -0.120. The maximum Gasteiger partial charge on any atom is 0.226 e. The van der Waals surface area contributed by atoms with E-state index in [9.17, 15) is 9.59 Å². The highest BCUT2D eigenvalue weighted by atomic mass is 16.5. The second-order valence-electron chi connectivity index (χ2n) is 6.95. The molecule has 3 aromatic carbocycles. The minimum absolute atomic E-state index is 0.133. The normalized spacial score (nSPS) is 11.3. The number of carbonyl (C=O) groups is 2. The molecule has 0 saturated heterocycles. The summed E-state index contributed by atoms with van der Waals surface area (Å²) in [5.74, 6) is 1.77. The first-order valence-corrected chi connectivity index (χ1v) is 10.2. The molecule has 2 amide bonds. The van der Waals surface area contributed by atoms with Crippen LogP contribution in [0.25, 0.3) is 0 Å². The quantitative estimate of drug-likeness (QED) is 0.508. The number of hydrogen-bond acceptors (Lipinski definition) is 4. The van der Waals surface area contributed by atoms with Crippen LogP contribution >= 0.6 is 0 Å². The molecule has 6 heteroatoms. The first-order chi connectivity index (χ1) is 15.0. The average Bonchev–Trinajstić information content (AvgIpc) is 2.76. The molecule has 2 N–H and O–H groups in total. The van der Waals surface area contributed by atoms with E-state index in [-0.39, 0.29) is 24.3 Å². The van der Waals surface area contributed by atoms with Crippen LogP contribution in [0.3, 0.4) is 0 Å². The van der Waals surface area contributed by atoms with Gasteiger partial charge in [0.25, 0.3) is 0 Å². The van der Waals surface area contributed by atoms with Gasteiger partial charge in [0.05, 0.1) is 19.1 Å². The topological polar surface area (TPSA) is 76.7 Å². The van der Waals surface area contributed by atoms with Gasteiger partial charge >= 0.3 is 0 Å². The number of anilines is 1. The highest BCUT2D eigenvalue weighted by molar-refractivity contribution is 5.91. The van der Waals surface area contributed by atoms with E-state index in [4.69, 9.17) is 9.47 Å². The Morgan fingerprint density at radius 2 is 1.42 bits per heavy atom. The molecule has 31 heavy (non-hydrogen) atoms. The van der Waals surface area contributed by atoms with Crippen molar-refractivity contribution in [3.63, 3.8) is 0 Å². The van der Waals surface area contributed by atoms with Crippen molar-refractivity contribution in [1.82, 2.24) is 5.32 Å². The van der Waals surface area contributed by atoms with Gasteiger partial charge in [0, 0.05) is 12.6 Å². The fourth-order valence-corrected chi connectivity index (χ4v) is 3.09. The number of amides is 2. The van der Waals surface area contributed by atoms with Crippen LogP contribution < -0.4 is 20.1 Å². The fraction of sp³-hybridized carbons (Fsp3) is 0.200.